The van der Waals surface area contributed by atoms with Crippen molar-refractivity contribution in [2.75, 3.05) is 13.1 Å². The van der Waals surface area contributed by atoms with Crippen molar-refractivity contribution in [1.29, 1.82) is 10.5 Å². The smallest absolute Gasteiger partial charge is 0.212 e. The maximum Gasteiger partial charge on any atom is 0.220 e. The van der Waals surface area contributed by atoms with Crippen LogP contribution in [0.1, 0.15) is 18.1 Å². The van der Waals surface area contributed by atoms with Gasteiger partial charge in [-0.2, -0.15) is 14.8 Å². The predicted octanol–water partition coefficient (Wildman–Crippen LogP) is 2.08. The molecule has 20 heavy (non-hydrogen) atoms. The molecular weight excluding hydrogens is 298 g/mol. The van der Waals surface area contributed by atoms with Crippen molar-refractivity contribution in [3.05, 3.63) is 34.3 Å². The zero-order chi connectivity index (χ0) is 15.2. The molecule has 0 unspecified atom stereocenters. The molecule has 1 aromatic rings. The van der Waals surface area contributed by atoms with Crippen molar-refractivity contribution in [3.63, 3.8) is 0 Å². The van der Waals surface area contributed by atoms with Crippen LogP contribution in [-0.4, -0.2) is 25.8 Å². The number of hydrogen-bond acceptors (Lipinski definition) is 4. The van der Waals surface area contributed by atoms with Gasteiger partial charge < -0.3 is 0 Å². The van der Waals surface area contributed by atoms with E-state index in [0.717, 1.165) is 9.87 Å². The molecule has 0 spiro atoms. The van der Waals surface area contributed by atoms with Crippen LogP contribution in [0.2, 0.25) is 5.02 Å². The second kappa shape index (κ2) is 7.25. The molecule has 0 amide bonds. The second-order valence-electron chi connectivity index (χ2n) is 4.07. The molecule has 1 rings (SSSR count). The lowest BCUT2D eigenvalue weighted by Crippen LogP contribution is -2.33. The zero-order valence-corrected chi connectivity index (χ0v) is 12.6. The Bertz CT molecular complexity index is 643. The molecule has 0 bridgehead atoms. The summed E-state index contributed by atoms with van der Waals surface area (Å²) in [4.78, 5) is 0. The molecule has 1 aromatic carbocycles. The minimum atomic E-state index is -3.75. The summed E-state index contributed by atoms with van der Waals surface area (Å²) in [6, 6.07) is 8.71. The van der Waals surface area contributed by atoms with E-state index in [1.807, 2.05) is 13.0 Å². The van der Waals surface area contributed by atoms with Gasteiger partial charge in [0.25, 0.3) is 0 Å². The molecule has 0 aliphatic rings. The van der Waals surface area contributed by atoms with Crippen molar-refractivity contribution in [2.45, 2.75) is 19.1 Å². The fraction of sp³-hybridized carbons (Fsp3) is 0.385. The Hall–Kier alpha value is -1.60. The quantitative estimate of drug-likeness (QED) is 0.753. The Balaban J connectivity index is 3.14. The molecule has 5 nitrogen and oxygen atoms in total. The first-order valence-corrected chi connectivity index (χ1v) is 7.93. The molecule has 0 aliphatic carbocycles. The minimum Gasteiger partial charge on any atom is -0.212 e. The third-order valence-corrected chi connectivity index (χ3v) is 4.86. The monoisotopic (exact) mass is 311 g/mol. The van der Waals surface area contributed by atoms with Crippen LogP contribution in [-0.2, 0) is 22.2 Å². The molecule has 0 saturated carbocycles. The number of nitriles is 2. The van der Waals surface area contributed by atoms with E-state index < -0.39 is 10.0 Å². The summed E-state index contributed by atoms with van der Waals surface area (Å²) >= 11 is 6.06. The summed E-state index contributed by atoms with van der Waals surface area (Å²) in [6.07, 6.45) is 0.655. The van der Waals surface area contributed by atoms with Crippen LogP contribution >= 0.6 is 11.6 Å². The van der Waals surface area contributed by atoms with Crippen molar-refractivity contribution in [2.24, 2.45) is 0 Å². The Morgan fingerprint density at radius 1 is 1.25 bits per heavy atom. The van der Waals surface area contributed by atoms with E-state index in [4.69, 9.17) is 22.1 Å². The first-order valence-electron chi connectivity index (χ1n) is 5.94. The van der Waals surface area contributed by atoms with Gasteiger partial charge in [-0.1, -0.05) is 30.7 Å². The highest BCUT2D eigenvalue weighted by atomic mass is 35.5. The molecule has 0 N–H and O–H groups in total. The van der Waals surface area contributed by atoms with Crippen LogP contribution in [0.5, 0.6) is 0 Å². The van der Waals surface area contributed by atoms with Crippen molar-refractivity contribution in [1.82, 2.24) is 4.31 Å². The summed E-state index contributed by atoms with van der Waals surface area (Å²) in [5.74, 6) is -0.306. The summed E-state index contributed by atoms with van der Waals surface area (Å²) in [5.41, 5.74) is 1.37. The molecule has 106 valence electrons. The molecule has 0 atom stereocenters. The maximum atomic E-state index is 12.3. The van der Waals surface area contributed by atoms with E-state index in [1.54, 1.807) is 24.3 Å². The fourth-order valence-electron chi connectivity index (χ4n) is 1.78. The topological polar surface area (TPSA) is 85.0 Å². The second-order valence-corrected chi connectivity index (χ2v) is 6.45. The number of halogens is 1. The molecular formula is C13H14ClN3O2S. The van der Waals surface area contributed by atoms with Crippen LogP contribution in [0.15, 0.2) is 18.2 Å². The van der Waals surface area contributed by atoms with E-state index in [9.17, 15) is 8.42 Å². The highest BCUT2D eigenvalue weighted by Crippen LogP contribution is 2.24. The normalized spacial score (nSPS) is 11.1. The minimum absolute atomic E-state index is 0.306. The fourth-order valence-corrected chi connectivity index (χ4v) is 3.52. The molecule has 7 heteroatoms. The summed E-state index contributed by atoms with van der Waals surface area (Å²) in [6.45, 7) is 1.22. The lowest BCUT2D eigenvalue weighted by atomic mass is 10.1. The van der Waals surface area contributed by atoms with Crippen LogP contribution in [0.25, 0.3) is 0 Å². The highest BCUT2D eigenvalue weighted by Gasteiger charge is 2.24. The number of hydrogen-bond donors (Lipinski definition) is 0. The van der Waals surface area contributed by atoms with Gasteiger partial charge in [0.05, 0.1) is 17.9 Å². The van der Waals surface area contributed by atoms with E-state index in [2.05, 4.69) is 0 Å². The average Bonchev–Trinajstić information content (AvgIpc) is 2.40. The van der Waals surface area contributed by atoms with E-state index >= 15 is 0 Å². The van der Waals surface area contributed by atoms with Gasteiger partial charge >= 0.3 is 0 Å². The third-order valence-electron chi connectivity index (χ3n) is 2.81. The average molecular weight is 312 g/mol. The van der Waals surface area contributed by atoms with Gasteiger partial charge in [-0.05, 0) is 23.6 Å². The van der Waals surface area contributed by atoms with Gasteiger partial charge in [-0.3, -0.25) is 0 Å². The van der Waals surface area contributed by atoms with Crippen LogP contribution in [0.3, 0.4) is 0 Å². The van der Waals surface area contributed by atoms with Gasteiger partial charge in [-0.25, -0.2) is 8.42 Å². The SMILES string of the molecule is CCc1cccc(Cl)c1CS(=O)(=O)N(CC#N)CC#N. The van der Waals surface area contributed by atoms with Crippen molar-refractivity contribution < 1.29 is 8.42 Å². The van der Waals surface area contributed by atoms with E-state index in [-0.39, 0.29) is 18.8 Å². The lowest BCUT2D eigenvalue weighted by Gasteiger charge is -2.17. The zero-order valence-electron chi connectivity index (χ0n) is 11.0. The number of aryl methyl sites for hydroxylation is 1. The van der Waals surface area contributed by atoms with Crippen molar-refractivity contribution >= 4 is 21.6 Å². The number of rotatable bonds is 6. The molecule has 0 fully saturated rings. The van der Waals surface area contributed by atoms with Crippen LogP contribution in [0, 0.1) is 22.7 Å². The van der Waals surface area contributed by atoms with Gasteiger partial charge in [0.15, 0.2) is 0 Å². The number of nitrogens with zero attached hydrogens (tertiary/aromatic N) is 3. The van der Waals surface area contributed by atoms with Gasteiger partial charge in [0, 0.05) is 5.02 Å². The van der Waals surface area contributed by atoms with Crippen LogP contribution < -0.4 is 0 Å². The Morgan fingerprint density at radius 3 is 2.35 bits per heavy atom. The third kappa shape index (κ3) is 3.94. The number of benzene rings is 1. The van der Waals surface area contributed by atoms with Crippen molar-refractivity contribution in [3.8, 4) is 12.1 Å². The predicted molar refractivity (Wildman–Crippen MR) is 76.3 cm³/mol. The molecule has 0 heterocycles. The summed E-state index contributed by atoms with van der Waals surface area (Å²) < 4.78 is 25.4. The summed E-state index contributed by atoms with van der Waals surface area (Å²) in [7, 11) is -3.75. The van der Waals surface area contributed by atoms with E-state index in [1.165, 1.54) is 0 Å². The Kier molecular flexibility index (Phi) is 5.97. The molecule has 0 aromatic heterocycles. The van der Waals surface area contributed by atoms with Gasteiger partial charge in [-0.15, -0.1) is 0 Å². The van der Waals surface area contributed by atoms with Gasteiger partial charge in [0.1, 0.15) is 13.1 Å². The van der Waals surface area contributed by atoms with Crippen LogP contribution in [0.4, 0.5) is 0 Å². The van der Waals surface area contributed by atoms with E-state index in [0.29, 0.717) is 17.0 Å². The lowest BCUT2D eigenvalue weighted by molar-refractivity contribution is 0.478. The Labute approximate surface area is 124 Å². The maximum absolute atomic E-state index is 12.3. The largest absolute Gasteiger partial charge is 0.220 e. The first-order chi connectivity index (χ1) is 9.46. The standard InChI is InChI=1S/C13H14ClN3O2S/c1-2-11-4-3-5-13(14)12(11)10-20(18,19)17(8-6-15)9-7-16/h3-5H,2,8-10H2,1H3. The van der Waals surface area contributed by atoms with Gasteiger partial charge in [0.2, 0.25) is 10.0 Å². The molecule has 0 aliphatic heterocycles. The molecule has 0 saturated heterocycles. The Morgan fingerprint density at radius 2 is 1.85 bits per heavy atom. The summed E-state index contributed by atoms with van der Waals surface area (Å²) in [5, 5.41) is 17.7. The first kappa shape index (κ1) is 16.5. The number of sulfonamides is 1. The molecule has 0 radical (unpaired) electrons. The highest BCUT2D eigenvalue weighted by molar-refractivity contribution is 7.88.